The second kappa shape index (κ2) is 10.1. The van der Waals surface area contributed by atoms with Crippen LogP contribution in [0.3, 0.4) is 0 Å². The van der Waals surface area contributed by atoms with Crippen molar-refractivity contribution >= 4 is 17.4 Å². The standard InChI is InChI=1S/C25H26N2O3S/c1-25(2,3)30-24(28)27(18-20-7-5-4-6-8-20)16-15-19-9-11-21(12-10-19)29-23-14-13-22(17-26)31-23/h4-14H,15-16,18H2,1-3H3. The minimum Gasteiger partial charge on any atom is -0.447 e. The molecule has 0 fully saturated rings. The van der Waals surface area contributed by atoms with Crippen LogP contribution in [0, 0.1) is 11.3 Å². The molecule has 1 amide bonds. The molecule has 0 spiro atoms. The smallest absolute Gasteiger partial charge is 0.410 e. The Morgan fingerprint density at radius 3 is 2.32 bits per heavy atom. The highest BCUT2D eigenvalue weighted by molar-refractivity contribution is 7.14. The molecule has 0 bridgehead atoms. The van der Waals surface area contributed by atoms with E-state index >= 15 is 0 Å². The highest BCUT2D eigenvalue weighted by Crippen LogP contribution is 2.29. The van der Waals surface area contributed by atoms with E-state index in [-0.39, 0.29) is 6.09 Å². The number of rotatable bonds is 7. The van der Waals surface area contributed by atoms with Crippen LogP contribution < -0.4 is 4.74 Å². The molecule has 6 heteroatoms. The Morgan fingerprint density at radius 2 is 1.71 bits per heavy atom. The van der Waals surface area contributed by atoms with Gasteiger partial charge in [-0.3, -0.25) is 0 Å². The summed E-state index contributed by atoms with van der Waals surface area (Å²) in [6.45, 7) is 6.66. The SMILES string of the molecule is CC(C)(C)OC(=O)N(CCc1ccc(Oc2ccc(C#N)s2)cc1)Cc1ccccc1. The fourth-order valence-electron chi connectivity index (χ4n) is 2.90. The summed E-state index contributed by atoms with van der Waals surface area (Å²) < 4.78 is 11.4. The molecule has 3 rings (SSSR count). The third-order valence-electron chi connectivity index (χ3n) is 4.37. The van der Waals surface area contributed by atoms with Crippen molar-refractivity contribution < 1.29 is 14.3 Å². The first-order valence-electron chi connectivity index (χ1n) is 10.1. The van der Waals surface area contributed by atoms with E-state index in [2.05, 4.69) is 6.07 Å². The lowest BCUT2D eigenvalue weighted by molar-refractivity contribution is 0.0236. The number of hydrogen-bond acceptors (Lipinski definition) is 5. The molecule has 0 atom stereocenters. The van der Waals surface area contributed by atoms with Gasteiger partial charge in [0.25, 0.3) is 0 Å². The summed E-state index contributed by atoms with van der Waals surface area (Å²) in [6.07, 6.45) is 0.381. The van der Waals surface area contributed by atoms with Crippen molar-refractivity contribution in [1.82, 2.24) is 4.90 Å². The molecule has 160 valence electrons. The quantitative estimate of drug-likeness (QED) is 0.432. The number of carbonyl (C=O) groups excluding carboxylic acids is 1. The molecule has 1 heterocycles. The molecule has 1 aromatic heterocycles. The normalized spacial score (nSPS) is 10.9. The van der Waals surface area contributed by atoms with Crippen LogP contribution in [0.25, 0.3) is 0 Å². The lowest BCUT2D eigenvalue weighted by Crippen LogP contribution is -2.37. The Bertz CT molecular complexity index is 1030. The van der Waals surface area contributed by atoms with Crippen molar-refractivity contribution in [3.8, 4) is 16.9 Å². The molecule has 0 saturated carbocycles. The van der Waals surface area contributed by atoms with E-state index < -0.39 is 5.60 Å². The molecule has 0 unspecified atom stereocenters. The highest BCUT2D eigenvalue weighted by Gasteiger charge is 2.22. The van der Waals surface area contributed by atoms with E-state index in [1.807, 2.05) is 75.4 Å². The summed E-state index contributed by atoms with van der Waals surface area (Å²) in [7, 11) is 0. The van der Waals surface area contributed by atoms with Gasteiger partial charge in [0.15, 0.2) is 5.06 Å². The maximum Gasteiger partial charge on any atom is 0.410 e. The molecule has 0 N–H and O–H groups in total. The number of hydrogen-bond donors (Lipinski definition) is 0. The monoisotopic (exact) mass is 434 g/mol. The molecule has 2 aromatic carbocycles. The number of ether oxygens (including phenoxy) is 2. The second-order valence-corrected chi connectivity index (χ2v) is 9.16. The van der Waals surface area contributed by atoms with Crippen LogP contribution in [0.1, 0.15) is 36.8 Å². The van der Waals surface area contributed by atoms with Crippen LogP contribution in [-0.2, 0) is 17.7 Å². The molecular formula is C25H26N2O3S. The Labute approximate surface area is 187 Å². The van der Waals surface area contributed by atoms with E-state index in [1.54, 1.807) is 17.0 Å². The minimum atomic E-state index is -0.543. The van der Waals surface area contributed by atoms with Gasteiger partial charge >= 0.3 is 6.09 Å². The molecule has 0 saturated heterocycles. The Kier molecular flexibility index (Phi) is 7.32. The molecule has 0 aliphatic rings. The zero-order valence-corrected chi connectivity index (χ0v) is 18.8. The number of amides is 1. The first-order chi connectivity index (χ1) is 14.8. The van der Waals surface area contributed by atoms with Gasteiger partial charge in [0.1, 0.15) is 22.3 Å². The van der Waals surface area contributed by atoms with Crippen LogP contribution in [0.4, 0.5) is 4.79 Å². The van der Waals surface area contributed by atoms with E-state index in [9.17, 15) is 4.79 Å². The Hall–Kier alpha value is -3.30. The molecule has 5 nitrogen and oxygen atoms in total. The predicted molar refractivity (Wildman–Crippen MR) is 122 cm³/mol. The van der Waals surface area contributed by atoms with Gasteiger partial charge in [0, 0.05) is 13.1 Å². The van der Waals surface area contributed by atoms with E-state index in [0.717, 1.165) is 11.1 Å². The van der Waals surface area contributed by atoms with Gasteiger partial charge in [0.2, 0.25) is 0 Å². The highest BCUT2D eigenvalue weighted by atomic mass is 32.1. The van der Waals surface area contributed by atoms with Crippen LogP contribution in [0.15, 0.2) is 66.7 Å². The van der Waals surface area contributed by atoms with Gasteiger partial charge in [-0.15, -0.1) is 0 Å². The molecule has 0 aliphatic heterocycles. The van der Waals surface area contributed by atoms with E-state index in [4.69, 9.17) is 14.7 Å². The molecule has 31 heavy (non-hydrogen) atoms. The average Bonchev–Trinajstić information content (AvgIpc) is 3.19. The molecule has 0 aliphatic carbocycles. The Balaban J connectivity index is 1.63. The average molecular weight is 435 g/mol. The third kappa shape index (κ3) is 7.16. The van der Waals surface area contributed by atoms with Crippen molar-refractivity contribution in [3.05, 3.63) is 82.7 Å². The van der Waals surface area contributed by atoms with Crippen molar-refractivity contribution in [1.29, 1.82) is 5.26 Å². The van der Waals surface area contributed by atoms with Crippen molar-refractivity contribution in [3.63, 3.8) is 0 Å². The summed E-state index contributed by atoms with van der Waals surface area (Å²) in [5.41, 5.74) is 1.61. The first kappa shape index (κ1) is 22.4. The predicted octanol–water partition coefficient (Wildman–Crippen LogP) is 6.39. The lowest BCUT2D eigenvalue weighted by atomic mass is 10.1. The summed E-state index contributed by atoms with van der Waals surface area (Å²) in [5.74, 6) is 0.711. The van der Waals surface area contributed by atoms with E-state index in [1.165, 1.54) is 11.3 Å². The van der Waals surface area contributed by atoms with Gasteiger partial charge in [-0.05, 0) is 62.6 Å². The number of nitrogens with zero attached hydrogens (tertiary/aromatic N) is 2. The summed E-state index contributed by atoms with van der Waals surface area (Å²) in [5, 5.41) is 9.60. The van der Waals surface area contributed by atoms with Crippen LogP contribution in [0.2, 0.25) is 0 Å². The zero-order valence-electron chi connectivity index (χ0n) is 18.0. The van der Waals surface area contributed by atoms with Gasteiger partial charge in [-0.1, -0.05) is 53.8 Å². The maximum absolute atomic E-state index is 12.7. The number of thiophene rings is 1. The Morgan fingerprint density at radius 1 is 1.00 bits per heavy atom. The topological polar surface area (TPSA) is 62.6 Å². The van der Waals surface area contributed by atoms with Crippen LogP contribution in [-0.4, -0.2) is 23.1 Å². The van der Waals surface area contributed by atoms with Crippen molar-refractivity contribution in [2.45, 2.75) is 39.3 Å². The third-order valence-corrected chi connectivity index (χ3v) is 5.24. The molecule has 0 radical (unpaired) electrons. The minimum absolute atomic E-state index is 0.317. The lowest BCUT2D eigenvalue weighted by Gasteiger charge is -2.27. The summed E-state index contributed by atoms with van der Waals surface area (Å²) in [6, 6.07) is 23.3. The number of benzene rings is 2. The largest absolute Gasteiger partial charge is 0.447 e. The van der Waals surface area contributed by atoms with Gasteiger partial charge < -0.3 is 14.4 Å². The molecular weight excluding hydrogens is 408 g/mol. The zero-order chi connectivity index (χ0) is 22.3. The molecule has 3 aromatic rings. The van der Waals surface area contributed by atoms with Gasteiger partial charge in [0.05, 0.1) is 0 Å². The van der Waals surface area contributed by atoms with Gasteiger partial charge in [-0.2, -0.15) is 5.26 Å². The van der Waals surface area contributed by atoms with Crippen LogP contribution in [0.5, 0.6) is 10.8 Å². The van der Waals surface area contributed by atoms with Crippen molar-refractivity contribution in [2.75, 3.05) is 6.54 Å². The number of nitriles is 1. The fourth-order valence-corrected chi connectivity index (χ4v) is 3.58. The van der Waals surface area contributed by atoms with Crippen LogP contribution >= 0.6 is 11.3 Å². The van der Waals surface area contributed by atoms with Gasteiger partial charge in [-0.25, -0.2) is 4.79 Å². The maximum atomic E-state index is 12.7. The van der Waals surface area contributed by atoms with E-state index in [0.29, 0.717) is 35.2 Å². The summed E-state index contributed by atoms with van der Waals surface area (Å²) >= 11 is 1.31. The fraction of sp³-hybridized carbons (Fsp3) is 0.280. The summed E-state index contributed by atoms with van der Waals surface area (Å²) in [4.78, 5) is 15.1. The van der Waals surface area contributed by atoms with Crippen molar-refractivity contribution in [2.24, 2.45) is 0 Å². The number of carbonyl (C=O) groups is 1. The second-order valence-electron chi connectivity index (χ2n) is 8.11. The first-order valence-corrected chi connectivity index (χ1v) is 10.9.